The van der Waals surface area contributed by atoms with Crippen LogP contribution in [0.15, 0.2) is 0 Å². The molecule has 0 aromatic rings. The highest BCUT2D eigenvalue weighted by molar-refractivity contribution is 6.76. The molecule has 0 aliphatic carbocycles. The molecule has 0 saturated heterocycles. The fraction of sp³-hybridized carbons (Fsp3) is 1.00. The van der Waals surface area contributed by atoms with Gasteiger partial charge in [0.2, 0.25) is 0 Å². The molecule has 2 N–H and O–H groups in total. The monoisotopic (exact) mass is 361 g/mol. The van der Waals surface area contributed by atoms with Crippen LogP contribution >= 0.6 is 0 Å². The first-order valence-electron chi connectivity index (χ1n) is 9.67. The summed E-state index contributed by atoms with van der Waals surface area (Å²) in [6, 6.07) is 1.38. The number of hydrogen-bond acceptors (Lipinski definition) is 5. The van der Waals surface area contributed by atoms with Crippen LogP contribution < -0.4 is 0 Å². The summed E-state index contributed by atoms with van der Waals surface area (Å²) in [6.07, 6.45) is 2.42. The molecule has 0 aliphatic rings. The van der Waals surface area contributed by atoms with Gasteiger partial charge in [-0.25, -0.2) is 0 Å². The van der Waals surface area contributed by atoms with Crippen LogP contribution in [-0.4, -0.2) is 106 Å². The molecule has 0 aromatic carbocycles. The van der Waals surface area contributed by atoms with Crippen LogP contribution in [0, 0.1) is 0 Å². The second-order valence-electron chi connectivity index (χ2n) is 8.10. The van der Waals surface area contributed by atoms with Crippen molar-refractivity contribution in [2.45, 2.75) is 45.5 Å². The van der Waals surface area contributed by atoms with Gasteiger partial charge in [-0.1, -0.05) is 32.6 Å². The van der Waals surface area contributed by atoms with E-state index in [-0.39, 0.29) is 13.2 Å². The number of hydrogen-bond donors (Lipinski definition) is 2. The highest BCUT2D eigenvalue weighted by Gasteiger charge is 2.14. The Morgan fingerprint density at radius 3 is 1.75 bits per heavy atom. The van der Waals surface area contributed by atoms with E-state index in [1.54, 1.807) is 0 Å². The molecule has 0 unspecified atom stereocenters. The first-order valence-corrected chi connectivity index (χ1v) is 13.4. The van der Waals surface area contributed by atoms with Gasteiger partial charge < -0.3 is 20.0 Å². The van der Waals surface area contributed by atoms with Gasteiger partial charge in [0.05, 0.1) is 13.2 Å². The van der Waals surface area contributed by atoms with Crippen LogP contribution in [0.1, 0.15) is 19.8 Å². The van der Waals surface area contributed by atoms with Gasteiger partial charge in [-0.2, -0.15) is 0 Å². The van der Waals surface area contributed by atoms with Gasteiger partial charge >= 0.3 is 0 Å². The first-order chi connectivity index (χ1) is 11.3. The Kier molecular flexibility index (Phi) is 14.2. The molecule has 0 spiro atoms. The number of rotatable bonds is 16. The van der Waals surface area contributed by atoms with Crippen molar-refractivity contribution in [1.29, 1.82) is 0 Å². The molecular weight excluding hydrogens is 318 g/mol. The number of aliphatic hydroxyl groups is 2. The molecular formula is C18H43N3O2Si. The Balaban J connectivity index is 4.37. The minimum absolute atomic E-state index is 0.229. The maximum Gasteiger partial charge on any atom is 0.0558 e. The van der Waals surface area contributed by atoms with Crippen molar-refractivity contribution < 1.29 is 10.2 Å². The molecule has 0 heterocycles. The topological polar surface area (TPSA) is 50.2 Å². The average Bonchev–Trinajstić information content (AvgIpc) is 2.48. The Hall–Kier alpha value is 0.0169. The highest BCUT2D eigenvalue weighted by atomic mass is 28.3. The fourth-order valence-corrected chi connectivity index (χ4v) is 4.06. The summed E-state index contributed by atoms with van der Waals surface area (Å²) in [7, 11) is 1.11. The van der Waals surface area contributed by atoms with Crippen molar-refractivity contribution in [3.8, 4) is 0 Å². The molecule has 0 aromatic heterocycles. The van der Waals surface area contributed by atoms with Gasteiger partial charge in [0.15, 0.2) is 0 Å². The lowest BCUT2D eigenvalue weighted by Gasteiger charge is -2.29. The third-order valence-electron chi connectivity index (χ3n) is 4.37. The number of likely N-dealkylation sites (N-methyl/N-ethyl adjacent to an activating group) is 1. The van der Waals surface area contributed by atoms with E-state index in [2.05, 4.69) is 48.3 Å². The van der Waals surface area contributed by atoms with E-state index in [4.69, 9.17) is 5.11 Å². The summed E-state index contributed by atoms with van der Waals surface area (Å²) in [5.41, 5.74) is 0. The van der Waals surface area contributed by atoms with E-state index in [0.717, 1.165) is 58.8 Å². The van der Waals surface area contributed by atoms with Gasteiger partial charge in [0.25, 0.3) is 0 Å². The predicted octanol–water partition coefficient (Wildman–Crippen LogP) is 1.65. The smallest absolute Gasteiger partial charge is 0.0558 e. The zero-order valence-corrected chi connectivity index (χ0v) is 17.9. The first kappa shape index (κ1) is 24.0. The molecule has 0 aliphatic heterocycles. The Bertz CT molecular complexity index is 282. The van der Waals surface area contributed by atoms with E-state index in [1.165, 1.54) is 12.5 Å². The SMILES string of the molecule is CCCN(CCO)CCN(CCC[Si](C)(C)C)CCN(C)CCO. The van der Waals surface area contributed by atoms with Crippen LogP contribution in [-0.2, 0) is 0 Å². The molecule has 0 fully saturated rings. The second-order valence-corrected chi connectivity index (χ2v) is 13.7. The summed E-state index contributed by atoms with van der Waals surface area (Å²) < 4.78 is 0. The van der Waals surface area contributed by atoms with E-state index in [9.17, 15) is 5.11 Å². The maximum atomic E-state index is 9.21. The summed E-state index contributed by atoms with van der Waals surface area (Å²) in [5, 5.41) is 18.3. The van der Waals surface area contributed by atoms with E-state index in [1.807, 2.05) is 0 Å². The lowest BCUT2D eigenvalue weighted by atomic mass is 10.3. The minimum Gasteiger partial charge on any atom is -0.395 e. The molecule has 6 heteroatoms. The molecule has 0 saturated carbocycles. The average molecular weight is 362 g/mol. The third kappa shape index (κ3) is 14.4. The van der Waals surface area contributed by atoms with Gasteiger partial charge in [-0.05, 0) is 33.0 Å². The Morgan fingerprint density at radius 2 is 1.25 bits per heavy atom. The van der Waals surface area contributed by atoms with Crippen molar-refractivity contribution in [1.82, 2.24) is 14.7 Å². The van der Waals surface area contributed by atoms with Gasteiger partial charge in [0, 0.05) is 47.3 Å². The quantitative estimate of drug-likeness (QED) is 0.409. The van der Waals surface area contributed by atoms with Crippen molar-refractivity contribution in [2.75, 3.05) is 72.6 Å². The lowest BCUT2D eigenvalue weighted by molar-refractivity contribution is 0.155. The Labute approximate surface area is 151 Å². The summed E-state index contributed by atoms with van der Waals surface area (Å²) in [5.74, 6) is 0. The van der Waals surface area contributed by atoms with E-state index in [0.29, 0.717) is 0 Å². The molecule has 0 amide bonds. The fourth-order valence-electron chi connectivity index (χ4n) is 2.84. The summed E-state index contributed by atoms with van der Waals surface area (Å²) >= 11 is 0. The van der Waals surface area contributed by atoms with Crippen LogP contribution in [0.3, 0.4) is 0 Å². The molecule has 0 radical (unpaired) electrons. The van der Waals surface area contributed by atoms with Crippen LogP contribution in [0.25, 0.3) is 0 Å². The molecule has 0 rings (SSSR count). The molecule has 5 nitrogen and oxygen atoms in total. The molecule has 146 valence electrons. The lowest BCUT2D eigenvalue weighted by Crippen LogP contribution is -2.41. The van der Waals surface area contributed by atoms with Gasteiger partial charge in [0.1, 0.15) is 0 Å². The van der Waals surface area contributed by atoms with Crippen molar-refractivity contribution in [3.05, 3.63) is 0 Å². The zero-order valence-electron chi connectivity index (χ0n) is 16.9. The maximum absolute atomic E-state index is 9.21. The Morgan fingerprint density at radius 1 is 0.708 bits per heavy atom. The highest BCUT2D eigenvalue weighted by Crippen LogP contribution is 2.11. The predicted molar refractivity (Wildman–Crippen MR) is 108 cm³/mol. The molecule has 24 heavy (non-hydrogen) atoms. The molecule has 0 atom stereocenters. The number of aliphatic hydroxyl groups excluding tert-OH is 2. The normalized spacial score (nSPS) is 12.8. The van der Waals surface area contributed by atoms with E-state index >= 15 is 0 Å². The van der Waals surface area contributed by atoms with Gasteiger partial charge in [-0.15, -0.1) is 0 Å². The third-order valence-corrected chi connectivity index (χ3v) is 6.22. The minimum atomic E-state index is -0.965. The second kappa shape index (κ2) is 14.2. The molecule has 0 bridgehead atoms. The van der Waals surface area contributed by atoms with Crippen molar-refractivity contribution in [3.63, 3.8) is 0 Å². The largest absolute Gasteiger partial charge is 0.395 e. The van der Waals surface area contributed by atoms with E-state index < -0.39 is 8.07 Å². The number of nitrogens with zero attached hydrogens (tertiary/aromatic N) is 3. The van der Waals surface area contributed by atoms with Crippen LogP contribution in [0.5, 0.6) is 0 Å². The van der Waals surface area contributed by atoms with Gasteiger partial charge in [-0.3, -0.25) is 4.90 Å². The summed E-state index contributed by atoms with van der Waals surface area (Å²) in [6.45, 7) is 17.9. The summed E-state index contributed by atoms with van der Waals surface area (Å²) in [4.78, 5) is 7.13. The van der Waals surface area contributed by atoms with Crippen molar-refractivity contribution in [2.24, 2.45) is 0 Å². The van der Waals surface area contributed by atoms with Crippen LogP contribution in [0.2, 0.25) is 25.7 Å². The van der Waals surface area contributed by atoms with Crippen LogP contribution in [0.4, 0.5) is 0 Å². The standard InChI is InChI=1S/C18H43N3O2Si/c1-6-8-20(15-17-23)12-13-21(9-7-18-24(3,4)5)11-10-19(2)14-16-22/h22-23H,6-18H2,1-5H3. The van der Waals surface area contributed by atoms with Crippen molar-refractivity contribution >= 4 is 8.07 Å². The zero-order chi connectivity index (χ0) is 18.4.